The van der Waals surface area contributed by atoms with E-state index in [1.54, 1.807) is 0 Å². The molecule has 0 saturated carbocycles. The number of carbonyl (C=O) groups is 2. The van der Waals surface area contributed by atoms with Crippen molar-refractivity contribution in [2.75, 3.05) is 77.9 Å². The van der Waals surface area contributed by atoms with Crippen molar-refractivity contribution in [3.05, 3.63) is 65.2 Å². The lowest BCUT2D eigenvalue weighted by Crippen LogP contribution is -2.31. The highest BCUT2D eigenvalue weighted by Crippen LogP contribution is 2.26. The number of benzene rings is 2. The molecule has 42 heavy (non-hydrogen) atoms. The van der Waals surface area contributed by atoms with Gasteiger partial charge in [0.05, 0.1) is 65.1 Å². The second kappa shape index (κ2) is 20.6. The summed E-state index contributed by atoms with van der Waals surface area (Å²) in [7, 11) is 1.89. The molecule has 3 rings (SSSR count). The van der Waals surface area contributed by atoms with Gasteiger partial charge < -0.3 is 34.5 Å². The quantitative estimate of drug-likeness (QED) is 0.173. The predicted octanol–water partition coefficient (Wildman–Crippen LogP) is 3.29. The van der Waals surface area contributed by atoms with E-state index in [4.69, 9.17) is 18.9 Å². The minimum Gasteiger partial charge on any atom is -0.379 e. The number of ether oxygens (including phenoxy) is 4. The van der Waals surface area contributed by atoms with E-state index in [9.17, 15) is 9.59 Å². The van der Waals surface area contributed by atoms with Crippen LogP contribution in [0.1, 0.15) is 48.8 Å². The number of rotatable bonds is 21. The number of para-hydroxylation sites is 1. The maximum atomic E-state index is 13.3. The fraction of sp³-hybridized carbons (Fsp3) is 0.515. The number of nitrogens with zero attached hydrogens (tertiary/aromatic N) is 1. The Morgan fingerprint density at radius 1 is 0.714 bits per heavy atom. The third kappa shape index (κ3) is 12.7. The topological polar surface area (TPSA) is 98.4 Å². The molecule has 1 heterocycles. The Balaban J connectivity index is 1.20. The standard InChI is InChI=1S/C33H45N3O6/c1-34-18-20-40-22-24-42-26-25-41-23-21-39-19-16-32(37)35-17-8-2-3-13-33(38)36-27-30-11-5-4-9-28(30)14-15-29-10-6-7-12-31(29)36/h4-7,9-12,34H,2-3,8,13,16-27H2,1H3,(H,35,37). The Bertz CT molecular complexity index is 1150. The molecule has 2 aromatic carbocycles. The zero-order valence-corrected chi connectivity index (χ0v) is 24.8. The molecule has 0 spiro atoms. The van der Waals surface area contributed by atoms with Crippen LogP contribution in [0.15, 0.2) is 48.5 Å². The summed E-state index contributed by atoms with van der Waals surface area (Å²) in [5.41, 5.74) is 3.73. The van der Waals surface area contributed by atoms with E-state index < -0.39 is 0 Å². The summed E-state index contributed by atoms with van der Waals surface area (Å²) in [4.78, 5) is 27.2. The van der Waals surface area contributed by atoms with Gasteiger partial charge >= 0.3 is 0 Å². The number of unbranched alkanes of at least 4 members (excludes halogenated alkanes) is 2. The summed E-state index contributed by atoms with van der Waals surface area (Å²) >= 11 is 0. The average molecular weight is 580 g/mol. The van der Waals surface area contributed by atoms with Gasteiger partial charge in [-0.05, 0) is 43.7 Å². The molecule has 0 aliphatic carbocycles. The molecule has 9 nitrogen and oxygen atoms in total. The molecule has 0 saturated heterocycles. The molecule has 0 fully saturated rings. The Hall–Kier alpha value is -3.26. The molecular formula is C33H45N3O6. The summed E-state index contributed by atoms with van der Waals surface area (Å²) < 4.78 is 21.7. The van der Waals surface area contributed by atoms with Crippen LogP contribution < -0.4 is 15.5 Å². The van der Waals surface area contributed by atoms with Gasteiger partial charge in [-0.25, -0.2) is 0 Å². The number of hydrogen-bond acceptors (Lipinski definition) is 7. The van der Waals surface area contributed by atoms with Crippen LogP contribution in [0.25, 0.3) is 0 Å². The highest BCUT2D eigenvalue weighted by atomic mass is 16.6. The number of fused-ring (bicyclic) bond motifs is 2. The van der Waals surface area contributed by atoms with E-state index in [-0.39, 0.29) is 11.8 Å². The van der Waals surface area contributed by atoms with E-state index in [1.807, 2.05) is 60.5 Å². The molecule has 228 valence electrons. The summed E-state index contributed by atoms with van der Waals surface area (Å²) in [6, 6.07) is 15.8. The monoisotopic (exact) mass is 579 g/mol. The molecule has 0 aromatic heterocycles. The van der Waals surface area contributed by atoms with E-state index in [1.165, 1.54) is 0 Å². The molecule has 0 radical (unpaired) electrons. The second-order valence-corrected chi connectivity index (χ2v) is 9.87. The van der Waals surface area contributed by atoms with Crippen molar-refractivity contribution in [1.82, 2.24) is 10.6 Å². The molecular weight excluding hydrogens is 534 g/mol. The second-order valence-electron chi connectivity index (χ2n) is 9.87. The number of carbonyl (C=O) groups excluding carboxylic acids is 2. The minimum absolute atomic E-state index is 0.0330. The molecule has 0 atom stereocenters. The Labute approximate surface area is 250 Å². The lowest BCUT2D eigenvalue weighted by molar-refractivity contribution is -0.122. The summed E-state index contributed by atoms with van der Waals surface area (Å²) in [6.45, 7) is 6.01. The van der Waals surface area contributed by atoms with Gasteiger partial charge in [-0.15, -0.1) is 0 Å². The highest BCUT2D eigenvalue weighted by Gasteiger charge is 2.20. The number of hydrogen-bond donors (Lipinski definition) is 2. The van der Waals surface area contributed by atoms with Crippen molar-refractivity contribution in [3.8, 4) is 11.8 Å². The van der Waals surface area contributed by atoms with Crippen molar-refractivity contribution in [1.29, 1.82) is 0 Å². The van der Waals surface area contributed by atoms with E-state index in [0.717, 1.165) is 48.2 Å². The van der Waals surface area contributed by atoms with Crippen LogP contribution in [0.5, 0.6) is 0 Å². The molecule has 2 aromatic rings. The number of anilines is 1. The molecule has 2 N–H and O–H groups in total. The number of amides is 2. The van der Waals surface area contributed by atoms with Crippen molar-refractivity contribution in [2.24, 2.45) is 0 Å². The van der Waals surface area contributed by atoms with Gasteiger partial charge in [0, 0.05) is 37.1 Å². The van der Waals surface area contributed by atoms with Crippen molar-refractivity contribution in [3.63, 3.8) is 0 Å². The third-order valence-electron chi connectivity index (χ3n) is 6.65. The van der Waals surface area contributed by atoms with Gasteiger partial charge in [-0.1, -0.05) is 48.6 Å². The van der Waals surface area contributed by atoms with Gasteiger partial charge in [0.15, 0.2) is 0 Å². The van der Waals surface area contributed by atoms with E-state index in [0.29, 0.717) is 78.8 Å². The number of likely N-dealkylation sites (N-methyl/N-ethyl adjacent to an activating group) is 1. The minimum atomic E-state index is -0.0330. The largest absolute Gasteiger partial charge is 0.379 e. The first-order valence-electron chi connectivity index (χ1n) is 14.9. The maximum absolute atomic E-state index is 13.3. The zero-order valence-electron chi connectivity index (χ0n) is 24.8. The summed E-state index contributed by atoms with van der Waals surface area (Å²) in [6.07, 6.45) is 3.21. The first-order valence-corrected chi connectivity index (χ1v) is 14.9. The van der Waals surface area contributed by atoms with Gasteiger partial charge in [-0.2, -0.15) is 0 Å². The maximum Gasteiger partial charge on any atom is 0.227 e. The summed E-state index contributed by atoms with van der Waals surface area (Å²) in [5.74, 6) is 6.54. The van der Waals surface area contributed by atoms with E-state index >= 15 is 0 Å². The Morgan fingerprint density at radius 2 is 1.33 bits per heavy atom. The summed E-state index contributed by atoms with van der Waals surface area (Å²) in [5, 5.41) is 5.94. The molecule has 2 amide bonds. The van der Waals surface area contributed by atoms with Crippen LogP contribution in [-0.4, -0.2) is 84.8 Å². The normalized spacial score (nSPS) is 12.0. The Kier molecular flexibility index (Phi) is 16.3. The van der Waals surface area contributed by atoms with Crippen LogP contribution in [0.3, 0.4) is 0 Å². The van der Waals surface area contributed by atoms with Gasteiger partial charge in [-0.3, -0.25) is 9.59 Å². The van der Waals surface area contributed by atoms with Crippen molar-refractivity contribution in [2.45, 2.75) is 38.6 Å². The fourth-order valence-electron chi connectivity index (χ4n) is 4.34. The van der Waals surface area contributed by atoms with Crippen molar-refractivity contribution >= 4 is 17.5 Å². The average Bonchev–Trinajstić information content (AvgIpc) is 3.00. The van der Waals surface area contributed by atoms with Crippen LogP contribution in [0.4, 0.5) is 5.69 Å². The smallest absolute Gasteiger partial charge is 0.227 e. The first kappa shape index (κ1) is 33.2. The fourth-order valence-corrected chi connectivity index (χ4v) is 4.34. The SMILES string of the molecule is CNCCOCCOCCOCCOCCC(=O)NCCCCCC(=O)N1Cc2ccccc2C#Cc2ccccc21. The number of nitrogens with one attached hydrogen (secondary N) is 2. The van der Waals surface area contributed by atoms with E-state index in [2.05, 4.69) is 22.5 Å². The Morgan fingerprint density at radius 3 is 2.07 bits per heavy atom. The van der Waals surface area contributed by atoms with Crippen LogP contribution in [0.2, 0.25) is 0 Å². The van der Waals surface area contributed by atoms with Crippen LogP contribution in [-0.2, 0) is 35.1 Å². The predicted molar refractivity (Wildman–Crippen MR) is 163 cm³/mol. The van der Waals surface area contributed by atoms with Gasteiger partial charge in [0.1, 0.15) is 0 Å². The third-order valence-corrected chi connectivity index (χ3v) is 6.65. The van der Waals surface area contributed by atoms with Crippen molar-refractivity contribution < 1.29 is 28.5 Å². The molecule has 1 aliphatic rings. The zero-order chi connectivity index (χ0) is 29.7. The first-order chi connectivity index (χ1) is 20.7. The van der Waals surface area contributed by atoms with Gasteiger partial charge in [0.25, 0.3) is 0 Å². The molecule has 1 aliphatic heterocycles. The van der Waals surface area contributed by atoms with Gasteiger partial charge in [0.2, 0.25) is 11.8 Å². The lowest BCUT2D eigenvalue weighted by atomic mass is 10.0. The molecule has 0 bridgehead atoms. The van der Waals surface area contributed by atoms with Crippen LogP contribution in [0, 0.1) is 11.8 Å². The van der Waals surface area contributed by atoms with Crippen LogP contribution >= 0.6 is 0 Å². The molecule has 9 heteroatoms. The lowest BCUT2D eigenvalue weighted by Gasteiger charge is -2.26. The molecule has 0 unspecified atom stereocenters. The highest BCUT2D eigenvalue weighted by molar-refractivity contribution is 5.95.